The zero-order valence-electron chi connectivity index (χ0n) is 12.5. The fourth-order valence-corrected chi connectivity index (χ4v) is 2.08. The number of aromatic nitrogens is 3. The second kappa shape index (κ2) is 8.14. The number of hydrogen-bond donors (Lipinski definition) is 2. The third kappa shape index (κ3) is 4.85. The standard InChI is InChI=1S/C15H20N4O3/c1-22-8-7-19-11-17-18-14(19)5-6-16-15(21)10-12-3-2-4-13(20)9-12/h2-4,9,11,20H,5-8,10H2,1H3,(H,16,21). The Morgan fingerprint density at radius 2 is 2.32 bits per heavy atom. The molecular formula is C15H20N4O3. The van der Waals surface area contributed by atoms with E-state index in [1.165, 1.54) is 0 Å². The van der Waals surface area contributed by atoms with Gasteiger partial charge in [-0.1, -0.05) is 12.1 Å². The molecular weight excluding hydrogens is 284 g/mol. The maximum absolute atomic E-state index is 11.9. The molecule has 7 nitrogen and oxygen atoms in total. The van der Waals surface area contributed by atoms with Gasteiger partial charge in [0.25, 0.3) is 0 Å². The van der Waals surface area contributed by atoms with Gasteiger partial charge in [-0.25, -0.2) is 0 Å². The summed E-state index contributed by atoms with van der Waals surface area (Å²) in [4.78, 5) is 11.9. The van der Waals surface area contributed by atoms with Gasteiger partial charge in [0.1, 0.15) is 17.9 Å². The van der Waals surface area contributed by atoms with E-state index >= 15 is 0 Å². The Hall–Kier alpha value is -2.41. The van der Waals surface area contributed by atoms with E-state index in [1.54, 1.807) is 37.7 Å². The number of hydrogen-bond acceptors (Lipinski definition) is 5. The summed E-state index contributed by atoms with van der Waals surface area (Å²) in [6, 6.07) is 6.69. The van der Waals surface area contributed by atoms with Gasteiger partial charge < -0.3 is 19.7 Å². The lowest BCUT2D eigenvalue weighted by Gasteiger charge is -2.07. The lowest BCUT2D eigenvalue weighted by Crippen LogP contribution is -2.28. The van der Waals surface area contributed by atoms with E-state index in [-0.39, 0.29) is 18.1 Å². The molecule has 118 valence electrons. The maximum Gasteiger partial charge on any atom is 0.224 e. The van der Waals surface area contributed by atoms with Crippen LogP contribution in [-0.2, 0) is 28.9 Å². The fraction of sp³-hybridized carbons (Fsp3) is 0.400. The summed E-state index contributed by atoms with van der Waals surface area (Å²) in [7, 11) is 1.64. The maximum atomic E-state index is 11.9. The molecule has 0 spiro atoms. The van der Waals surface area contributed by atoms with Crippen LogP contribution >= 0.6 is 0 Å². The average molecular weight is 304 g/mol. The summed E-state index contributed by atoms with van der Waals surface area (Å²) < 4.78 is 6.93. The number of rotatable bonds is 8. The molecule has 2 N–H and O–H groups in total. The number of aromatic hydroxyl groups is 1. The van der Waals surface area contributed by atoms with Crippen LogP contribution < -0.4 is 5.32 Å². The van der Waals surface area contributed by atoms with Gasteiger partial charge in [0.2, 0.25) is 5.91 Å². The molecule has 2 rings (SSSR count). The van der Waals surface area contributed by atoms with Crippen molar-refractivity contribution >= 4 is 5.91 Å². The number of methoxy groups -OCH3 is 1. The number of phenolic OH excluding ortho intramolecular Hbond substituents is 1. The topological polar surface area (TPSA) is 89.3 Å². The van der Waals surface area contributed by atoms with Crippen molar-refractivity contribution in [2.24, 2.45) is 0 Å². The Bertz CT molecular complexity index is 612. The second-order valence-electron chi connectivity index (χ2n) is 4.88. The quantitative estimate of drug-likeness (QED) is 0.742. The highest BCUT2D eigenvalue weighted by molar-refractivity contribution is 5.78. The molecule has 7 heteroatoms. The number of nitrogens with one attached hydrogen (secondary N) is 1. The Balaban J connectivity index is 1.76. The summed E-state index contributed by atoms with van der Waals surface area (Å²) in [5.74, 6) is 0.889. The highest BCUT2D eigenvalue weighted by Crippen LogP contribution is 2.11. The first-order chi connectivity index (χ1) is 10.7. The van der Waals surface area contributed by atoms with Crippen LogP contribution in [0.4, 0.5) is 0 Å². The summed E-state index contributed by atoms with van der Waals surface area (Å²) >= 11 is 0. The summed E-state index contributed by atoms with van der Waals surface area (Å²) in [5.41, 5.74) is 0.778. The van der Waals surface area contributed by atoms with Gasteiger partial charge in [-0.05, 0) is 17.7 Å². The van der Waals surface area contributed by atoms with Crippen molar-refractivity contribution in [3.8, 4) is 5.75 Å². The molecule has 0 aliphatic heterocycles. The zero-order valence-corrected chi connectivity index (χ0v) is 12.5. The number of carbonyl (C=O) groups excluding carboxylic acids is 1. The van der Waals surface area contributed by atoms with Crippen molar-refractivity contribution < 1.29 is 14.6 Å². The van der Waals surface area contributed by atoms with Crippen LogP contribution in [0.25, 0.3) is 0 Å². The van der Waals surface area contributed by atoms with Crippen LogP contribution in [0.5, 0.6) is 5.75 Å². The van der Waals surface area contributed by atoms with Crippen LogP contribution in [0, 0.1) is 0 Å². The second-order valence-corrected chi connectivity index (χ2v) is 4.88. The molecule has 0 saturated carbocycles. The molecule has 1 aromatic heterocycles. The number of amides is 1. The van der Waals surface area contributed by atoms with Crippen molar-refractivity contribution in [1.29, 1.82) is 0 Å². The van der Waals surface area contributed by atoms with Crippen LogP contribution in [-0.4, -0.2) is 46.0 Å². The number of benzene rings is 1. The van der Waals surface area contributed by atoms with Gasteiger partial charge in [-0.2, -0.15) is 0 Å². The van der Waals surface area contributed by atoms with Crippen molar-refractivity contribution in [3.05, 3.63) is 42.0 Å². The zero-order chi connectivity index (χ0) is 15.8. The molecule has 0 radical (unpaired) electrons. The molecule has 0 bridgehead atoms. The molecule has 0 unspecified atom stereocenters. The van der Waals surface area contributed by atoms with E-state index in [9.17, 15) is 9.90 Å². The van der Waals surface area contributed by atoms with Gasteiger partial charge in [-0.3, -0.25) is 4.79 Å². The lowest BCUT2D eigenvalue weighted by atomic mass is 10.1. The molecule has 0 aliphatic carbocycles. The minimum atomic E-state index is -0.0893. The molecule has 0 atom stereocenters. The normalized spacial score (nSPS) is 10.6. The van der Waals surface area contributed by atoms with Gasteiger partial charge >= 0.3 is 0 Å². The highest BCUT2D eigenvalue weighted by atomic mass is 16.5. The van der Waals surface area contributed by atoms with Crippen molar-refractivity contribution in [1.82, 2.24) is 20.1 Å². The number of ether oxygens (including phenoxy) is 1. The Kier molecular flexibility index (Phi) is 5.91. The van der Waals surface area contributed by atoms with Crippen LogP contribution in [0.2, 0.25) is 0 Å². The molecule has 0 saturated heterocycles. The van der Waals surface area contributed by atoms with E-state index in [0.29, 0.717) is 26.1 Å². The Morgan fingerprint density at radius 1 is 1.45 bits per heavy atom. The van der Waals surface area contributed by atoms with Gasteiger partial charge in [-0.15, -0.1) is 10.2 Å². The summed E-state index contributed by atoms with van der Waals surface area (Å²) in [6.45, 7) is 1.77. The summed E-state index contributed by atoms with van der Waals surface area (Å²) in [5, 5.41) is 20.1. The smallest absolute Gasteiger partial charge is 0.224 e. The van der Waals surface area contributed by atoms with Gasteiger partial charge in [0, 0.05) is 26.6 Å². The van der Waals surface area contributed by atoms with Gasteiger partial charge in [0.15, 0.2) is 0 Å². The number of phenols is 1. The highest BCUT2D eigenvalue weighted by Gasteiger charge is 2.07. The largest absolute Gasteiger partial charge is 0.508 e. The molecule has 2 aromatic rings. The van der Waals surface area contributed by atoms with Crippen LogP contribution in [0.1, 0.15) is 11.4 Å². The van der Waals surface area contributed by atoms with Crippen molar-refractivity contribution in [2.75, 3.05) is 20.3 Å². The Morgan fingerprint density at radius 3 is 3.09 bits per heavy atom. The molecule has 1 aromatic carbocycles. The first-order valence-corrected chi connectivity index (χ1v) is 7.09. The first-order valence-electron chi connectivity index (χ1n) is 7.09. The minimum absolute atomic E-state index is 0.0893. The molecule has 0 aliphatic rings. The third-order valence-electron chi connectivity index (χ3n) is 3.18. The SMILES string of the molecule is COCCn1cnnc1CCNC(=O)Cc1cccc(O)c1. The van der Waals surface area contributed by atoms with E-state index in [4.69, 9.17) is 4.74 Å². The Labute approximate surface area is 128 Å². The summed E-state index contributed by atoms with van der Waals surface area (Å²) in [6.07, 6.45) is 2.50. The van der Waals surface area contributed by atoms with E-state index < -0.39 is 0 Å². The molecule has 22 heavy (non-hydrogen) atoms. The van der Waals surface area contributed by atoms with Crippen molar-refractivity contribution in [3.63, 3.8) is 0 Å². The minimum Gasteiger partial charge on any atom is -0.508 e. The predicted octanol–water partition coefficient (Wildman–Crippen LogP) is 0.531. The van der Waals surface area contributed by atoms with Crippen LogP contribution in [0.3, 0.4) is 0 Å². The van der Waals surface area contributed by atoms with Crippen molar-refractivity contribution in [2.45, 2.75) is 19.4 Å². The van der Waals surface area contributed by atoms with E-state index in [2.05, 4.69) is 15.5 Å². The molecule has 1 amide bonds. The lowest BCUT2D eigenvalue weighted by molar-refractivity contribution is -0.120. The average Bonchev–Trinajstić information content (AvgIpc) is 2.92. The fourth-order valence-electron chi connectivity index (χ4n) is 2.08. The van der Waals surface area contributed by atoms with Gasteiger partial charge in [0.05, 0.1) is 13.0 Å². The predicted molar refractivity (Wildman–Crippen MR) is 80.4 cm³/mol. The number of carbonyl (C=O) groups is 1. The van der Waals surface area contributed by atoms with E-state index in [0.717, 1.165) is 11.4 Å². The number of nitrogens with zero attached hydrogens (tertiary/aromatic N) is 3. The molecule has 0 fully saturated rings. The monoisotopic (exact) mass is 304 g/mol. The van der Waals surface area contributed by atoms with E-state index in [1.807, 2.05) is 4.57 Å². The molecule has 1 heterocycles. The first kappa shape index (κ1) is 16.0. The van der Waals surface area contributed by atoms with Crippen LogP contribution in [0.15, 0.2) is 30.6 Å². The third-order valence-corrected chi connectivity index (χ3v) is 3.18.